The second-order valence-corrected chi connectivity index (χ2v) is 5.68. The van der Waals surface area contributed by atoms with E-state index in [0.29, 0.717) is 5.56 Å². The molecule has 17 heavy (non-hydrogen) atoms. The van der Waals surface area contributed by atoms with Crippen LogP contribution in [-0.2, 0) is 0 Å². The molecule has 0 heterocycles. The number of benzene rings is 1. The van der Waals surface area contributed by atoms with Gasteiger partial charge in [-0.05, 0) is 52.4 Å². The molecule has 4 heteroatoms. The zero-order valence-corrected chi connectivity index (χ0v) is 11.6. The maximum Gasteiger partial charge on any atom is 0.335 e. The van der Waals surface area contributed by atoms with Crippen LogP contribution in [0.1, 0.15) is 23.7 Å². The maximum atomic E-state index is 10.8. The zero-order valence-electron chi connectivity index (χ0n) is 9.98. The molecule has 1 aromatic carbocycles. The van der Waals surface area contributed by atoms with Crippen LogP contribution in [0.5, 0.6) is 0 Å². The summed E-state index contributed by atoms with van der Waals surface area (Å²) in [5.41, 5.74) is 1.36. The third-order valence-electron chi connectivity index (χ3n) is 3.39. The summed E-state index contributed by atoms with van der Waals surface area (Å²) in [7, 11) is 2.05. The average molecular weight is 298 g/mol. The molecule has 1 aliphatic rings. The van der Waals surface area contributed by atoms with Gasteiger partial charge in [0, 0.05) is 18.1 Å². The molecule has 0 saturated heterocycles. The van der Waals surface area contributed by atoms with E-state index < -0.39 is 5.97 Å². The van der Waals surface area contributed by atoms with E-state index in [1.807, 2.05) is 13.1 Å². The highest BCUT2D eigenvalue weighted by Crippen LogP contribution is 2.39. The molecular formula is C13H16BrNO2. The third kappa shape index (κ3) is 2.80. The lowest BCUT2D eigenvalue weighted by Crippen LogP contribution is -2.21. The number of carbonyl (C=O) groups is 1. The van der Waals surface area contributed by atoms with Gasteiger partial charge < -0.3 is 10.0 Å². The minimum Gasteiger partial charge on any atom is -0.478 e. The normalized spacial score (nSPS) is 22.3. The topological polar surface area (TPSA) is 40.5 Å². The van der Waals surface area contributed by atoms with E-state index in [0.717, 1.165) is 28.5 Å². The molecule has 1 aromatic rings. The van der Waals surface area contributed by atoms with Crippen LogP contribution >= 0.6 is 15.9 Å². The minimum absolute atomic E-state index is 0.314. The smallest absolute Gasteiger partial charge is 0.335 e. The predicted octanol–water partition coefficient (Wildman–Crippen LogP) is 3.24. The summed E-state index contributed by atoms with van der Waals surface area (Å²) in [5, 5.41) is 8.89. The van der Waals surface area contributed by atoms with Gasteiger partial charge in [0.05, 0.1) is 11.3 Å². The number of carboxylic acid groups (broad SMARTS) is 1. The van der Waals surface area contributed by atoms with Crippen LogP contribution in [0.3, 0.4) is 0 Å². The van der Waals surface area contributed by atoms with Crippen molar-refractivity contribution in [2.24, 2.45) is 11.8 Å². The van der Waals surface area contributed by atoms with Gasteiger partial charge in [-0.15, -0.1) is 0 Å². The van der Waals surface area contributed by atoms with E-state index in [-0.39, 0.29) is 0 Å². The van der Waals surface area contributed by atoms with Gasteiger partial charge in [0.1, 0.15) is 0 Å². The average Bonchev–Trinajstić information content (AvgIpc) is 2.93. The number of rotatable bonds is 4. The summed E-state index contributed by atoms with van der Waals surface area (Å²) in [6.07, 6.45) is 1.30. The second-order valence-electron chi connectivity index (χ2n) is 4.82. The van der Waals surface area contributed by atoms with Gasteiger partial charge in [0.25, 0.3) is 0 Å². The first-order valence-electron chi connectivity index (χ1n) is 5.73. The number of aromatic carboxylic acids is 1. The molecule has 0 radical (unpaired) electrons. The first-order chi connectivity index (χ1) is 7.99. The van der Waals surface area contributed by atoms with E-state index in [9.17, 15) is 4.79 Å². The number of hydrogen-bond donors (Lipinski definition) is 1. The Morgan fingerprint density at radius 2 is 2.24 bits per heavy atom. The SMILES string of the molecule is CC1CC1CN(C)c1ccc(C(=O)O)cc1Br. The van der Waals surface area contributed by atoms with Crippen molar-refractivity contribution < 1.29 is 9.90 Å². The summed E-state index contributed by atoms with van der Waals surface area (Å²) in [5.74, 6) is 0.719. The highest BCUT2D eigenvalue weighted by atomic mass is 79.9. The third-order valence-corrected chi connectivity index (χ3v) is 4.03. The fourth-order valence-corrected chi connectivity index (χ4v) is 2.73. The molecule has 0 amide bonds. The van der Waals surface area contributed by atoms with Gasteiger partial charge in [-0.1, -0.05) is 6.92 Å². The summed E-state index contributed by atoms with van der Waals surface area (Å²) < 4.78 is 0.841. The van der Waals surface area contributed by atoms with Crippen molar-refractivity contribution in [3.63, 3.8) is 0 Å². The van der Waals surface area contributed by atoms with E-state index in [1.165, 1.54) is 6.42 Å². The van der Waals surface area contributed by atoms with E-state index in [2.05, 4.69) is 27.8 Å². The number of anilines is 1. The summed E-state index contributed by atoms with van der Waals surface area (Å²) in [6.45, 7) is 3.30. The molecule has 1 saturated carbocycles. The lowest BCUT2D eigenvalue weighted by molar-refractivity contribution is 0.0697. The zero-order chi connectivity index (χ0) is 12.6. The molecule has 2 rings (SSSR count). The summed E-state index contributed by atoms with van der Waals surface area (Å²) in [6, 6.07) is 5.17. The molecule has 0 aliphatic heterocycles. The van der Waals surface area contributed by atoms with Crippen LogP contribution in [0.4, 0.5) is 5.69 Å². The van der Waals surface area contributed by atoms with Crippen LogP contribution in [-0.4, -0.2) is 24.7 Å². The molecule has 0 aromatic heterocycles. The molecule has 1 N–H and O–H groups in total. The maximum absolute atomic E-state index is 10.8. The van der Waals surface area contributed by atoms with Crippen molar-refractivity contribution in [3.8, 4) is 0 Å². The second kappa shape index (κ2) is 4.69. The fraction of sp³-hybridized carbons (Fsp3) is 0.462. The Kier molecular flexibility index (Phi) is 3.43. The van der Waals surface area contributed by atoms with Crippen molar-refractivity contribution in [2.45, 2.75) is 13.3 Å². The Morgan fingerprint density at radius 3 is 2.71 bits per heavy atom. The van der Waals surface area contributed by atoms with E-state index in [1.54, 1.807) is 12.1 Å². The molecule has 3 nitrogen and oxygen atoms in total. The van der Waals surface area contributed by atoms with Crippen LogP contribution < -0.4 is 4.90 Å². The Morgan fingerprint density at radius 1 is 1.59 bits per heavy atom. The Hall–Kier alpha value is -1.03. The van der Waals surface area contributed by atoms with Gasteiger partial charge in [-0.3, -0.25) is 0 Å². The first-order valence-corrected chi connectivity index (χ1v) is 6.52. The molecule has 1 fully saturated rings. The van der Waals surface area contributed by atoms with Crippen LogP contribution in [0, 0.1) is 11.8 Å². The van der Waals surface area contributed by atoms with Gasteiger partial charge in [0.2, 0.25) is 0 Å². The minimum atomic E-state index is -0.893. The summed E-state index contributed by atoms with van der Waals surface area (Å²) in [4.78, 5) is 13.0. The number of hydrogen-bond acceptors (Lipinski definition) is 2. The van der Waals surface area contributed by atoms with Crippen molar-refractivity contribution in [1.82, 2.24) is 0 Å². The highest BCUT2D eigenvalue weighted by molar-refractivity contribution is 9.10. The van der Waals surface area contributed by atoms with Crippen LogP contribution in [0.15, 0.2) is 22.7 Å². The fourth-order valence-electron chi connectivity index (χ4n) is 2.05. The lowest BCUT2D eigenvalue weighted by Gasteiger charge is -2.21. The largest absolute Gasteiger partial charge is 0.478 e. The molecular weight excluding hydrogens is 282 g/mol. The number of nitrogens with zero attached hydrogens (tertiary/aromatic N) is 1. The molecule has 1 aliphatic carbocycles. The van der Waals surface area contributed by atoms with Gasteiger partial charge >= 0.3 is 5.97 Å². The predicted molar refractivity (Wildman–Crippen MR) is 71.6 cm³/mol. The van der Waals surface area contributed by atoms with Gasteiger partial charge in [-0.25, -0.2) is 4.79 Å². The summed E-state index contributed by atoms with van der Waals surface area (Å²) >= 11 is 3.44. The Balaban J connectivity index is 2.12. The molecule has 0 bridgehead atoms. The molecule has 0 spiro atoms. The Bertz CT molecular complexity index is 447. The van der Waals surface area contributed by atoms with Crippen molar-refractivity contribution >= 4 is 27.6 Å². The standard InChI is InChI=1S/C13H16BrNO2/c1-8-5-10(8)7-15(2)12-4-3-9(13(16)17)6-11(12)14/h3-4,6,8,10H,5,7H2,1-2H3,(H,16,17). The van der Waals surface area contributed by atoms with Crippen molar-refractivity contribution in [3.05, 3.63) is 28.2 Å². The lowest BCUT2D eigenvalue weighted by atomic mass is 10.2. The van der Waals surface area contributed by atoms with Gasteiger partial charge in [0.15, 0.2) is 0 Å². The molecule has 92 valence electrons. The van der Waals surface area contributed by atoms with Crippen LogP contribution in [0.25, 0.3) is 0 Å². The van der Waals surface area contributed by atoms with Crippen molar-refractivity contribution in [2.75, 3.05) is 18.5 Å². The number of halogens is 1. The van der Waals surface area contributed by atoms with Crippen LogP contribution in [0.2, 0.25) is 0 Å². The monoisotopic (exact) mass is 297 g/mol. The molecule has 2 unspecified atom stereocenters. The van der Waals surface area contributed by atoms with Gasteiger partial charge in [-0.2, -0.15) is 0 Å². The highest BCUT2D eigenvalue weighted by Gasteiger charge is 2.33. The van der Waals surface area contributed by atoms with Crippen molar-refractivity contribution in [1.29, 1.82) is 0 Å². The number of carboxylic acids is 1. The first kappa shape index (κ1) is 12.4. The Labute approximate surface area is 110 Å². The van der Waals surface area contributed by atoms with E-state index >= 15 is 0 Å². The molecule has 2 atom stereocenters. The van der Waals surface area contributed by atoms with E-state index in [4.69, 9.17) is 5.11 Å². The quantitative estimate of drug-likeness (QED) is 0.927.